The molecule has 0 bridgehead atoms. The fourth-order valence-corrected chi connectivity index (χ4v) is 3.23. The third kappa shape index (κ3) is 2.80. The lowest BCUT2D eigenvalue weighted by Crippen LogP contribution is -2.14. The van der Waals surface area contributed by atoms with Gasteiger partial charge in [0.15, 0.2) is 5.15 Å². The first-order valence-corrected chi connectivity index (χ1v) is 7.88. The zero-order valence-corrected chi connectivity index (χ0v) is 14.2. The van der Waals surface area contributed by atoms with Crippen molar-refractivity contribution in [2.75, 3.05) is 13.4 Å². The highest BCUT2D eigenvalue weighted by Gasteiger charge is 2.22. The zero-order valence-electron chi connectivity index (χ0n) is 12.6. The minimum Gasteiger partial charge on any atom is -0.464 e. The third-order valence-corrected chi connectivity index (χ3v) is 4.55. The first-order valence-electron chi connectivity index (χ1n) is 6.28. The minimum atomic E-state index is -0.404. The van der Waals surface area contributed by atoms with Gasteiger partial charge >= 0.3 is 5.97 Å². The summed E-state index contributed by atoms with van der Waals surface area (Å²) in [6, 6.07) is 0. The monoisotopic (exact) mass is 328 g/mol. The van der Waals surface area contributed by atoms with E-state index in [-0.39, 0.29) is 0 Å². The van der Waals surface area contributed by atoms with Crippen LogP contribution in [0.2, 0.25) is 5.15 Å². The Hall–Kier alpha value is -1.47. The third-order valence-electron chi connectivity index (χ3n) is 3.35. The van der Waals surface area contributed by atoms with Crippen molar-refractivity contribution in [3.05, 3.63) is 27.7 Å². The topological polar surface area (TPSA) is 61.9 Å². The maximum atomic E-state index is 12.0. The number of methoxy groups -OCH3 is 1. The van der Waals surface area contributed by atoms with E-state index >= 15 is 0 Å². The number of hydrogen-bond acceptors (Lipinski definition) is 5. The molecule has 0 aliphatic carbocycles. The van der Waals surface area contributed by atoms with Crippen LogP contribution in [-0.4, -0.2) is 38.9 Å². The largest absolute Gasteiger partial charge is 0.464 e. The molecule has 8 heteroatoms. The van der Waals surface area contributed by atoms with E-state index in [0.29, 0.717) is 17.4 Å². The number of ether oxygens (including phenoxy) is 1. The number of aromatic nitrogens is 4. The zero-order chi connectivity index (χ0) is 15.7. The van der Waals surface area contributed by atoms with Crippen LogP contribution in [-0.2, 0) is 18.3 Å². The summed E-state index contributed by atoms with van der Waals surface area (Å²) >= 11 is 7.74. The normalized spacial score (nSPS) is 11.0. The summed E-state index contributed by atoms with van der Waals surface area (Å²) in [5, 5.41) is 9.98. The molecule has 0 unspecified atom stereocenters. The number of nitrogens with zero attached hydrogens (tertiary/aromatic N) is 4. The highest BCUT2D eigenvalue weighted by atomic mass is 35.5. The Morgan fingerprint density at radius 2 is 2.05 bits per heavy atom. The smallest absolute Gasteiger partial charge is 0.356 e. The molecule has 0 amide bonds. The molecule has 0 aliphatic heterocycles. The number of rotatable bonds is 4. The van der Waals surface area contributed by atoms with Gasteiger partial charge in [-0.05, 0) is 20.1 Å². The van der Waals surface area contributed by atoms with Crippen molar-refractivity contribution in [1.29, 1.82) is 0 Å². The molecular formula is C13H17ClN4O2S. The molecule has 0 N–H and O–H groups in total. The molecule has 0 atom stereocenters. The molecular weight excluding hydrogens is 312 g/mol. The standard InChI is InChI=1S/C13H17ClN4O2S/c1-7-8(2)15-18(10(7)13(19)20-4)6-9-11(14)16-17(3)12(9)21-5/h6H2,1-5H3. The van der Waals surface area contributed by atoms with E-state index in [0.717, 1.165) is 21.8 Å². The van der Waals surface area contributed by atoms with E-state index in [1.807, 2.05) is 27.2 Å². The number of thioether (sulfide) groups is 1. The van der Waals surface area contributed by atoms with Crippen LogP contribution in [0.15, 0.2) is 5.03 Å². The summed E-state index contributed by atoms with van der Waals surface area (Å²) in [5.74, 6) is -0.404. The molecule has 0 aliphatic rings. The fourth-order valence-electron chi connectivity index (χ4n) is 2.20. The van der Waals surface area contributed by atoms with Gasteiger partial charge < -0.3 is 4.74 Å². The van der Waals surface area contributed by atoms with Gasteiger partial charge in [0.1, 0.15) is 10.7 Å². The Morgan fingerprint density at radius 1 is 1.38 bits per heavy atom. The van der Waals surface area contributed by atoms with Crippen LogP contribution in [0.1, 0.15) is 27.3 Å². The number of aryl methyl sites for hydroxylation is 2. The second-order valence-electron chi connectivity index (χ2n) is 4.61. The lowest BCUT2D eigenvalue weighted by atomic mass is 10.2. The van der Waals surface area contributed by atoms with Crippen LogP contribution in [0.5, 0.6) is 0 Å². The SMILES string of the molecule is COC(=O)c1c(C)c(C)nn1Cc1c(Cl)nn(C)c1SC. The van der Waals surface area contributed by atoms with Gasteiger partial charge in [0.2, 0.25) is 0 Å². The molecule has 114 valence electrons. The molecule has 6 nitrogen and oxygen atoms in total. The summed E-state index contributed by atoms with van der Waals surface area (Å²) in [5.41, 5.74) is 2.90. The van der Waals surface area contributed by atoms with E-state index < -0.39 is 5.97 Å². The van der Waals surface area contributed by atoms with Crippen molar-refractivity contribution in [3.8, 4) is 0 Å². The highest BCUT2D eigenvalue weighted by molar-refractivity contribution is 7.98. The van der Waals surface area contributed by atoms with Crippen LogP contribution >= 0.6 is 23.4 Å². The number of hydrogen-bond donors (Lipinski definition) is 0. The van der Waals surface area contributed by atoms with Crippen molar-refractivity contribution in [3.63, 3.8) is 0 Å². The Balaban J connectivity index is 2.50. The molecule has 2 aromatic rings. The quantitative estimate of drug-likeness (QED) is 0.637. The summed E-state index contributed by atoms with van der Waals surface area (Å²) < 4.78 is 8.19. The number of carbonyl (C=O) groups is 1. The summed E-state index contributed by atoms with van der Waals surface area (Å²) in [6.45, 7) is 4.09. The predicted octanol–water partition coefficient (Wildman–Crippen LogP) is 2.44. The van der Waals surface area contributed by atoms with Crippen LogP contribution in [0, 0.1) is 13.8 Å². The van der Waals surface area contributed by atoms with Gasteiger partial charge in [-0.25, -0.2) is 4.79 Å². The Bertz CT molecular complexity index is 693. The molecule has 0 saturated carbocycles. The van der Waals surface area contributed by atoms with Gasteiger partial charge in [0, 0.05) is 18.2 Å². The number of esters is 1. The van der Waals surface area contributed by atoms with Crippen LogP contribution in [0.3, 0.4) is 0 Å². The Kier molecular flexibility index (Phi) is 4.63. The van der Waals surface area contributed by atoms with Crippen molar-refractivity contribution in [1.82, 2.24) is 19.6 Å². The molecule has 2 aromatic heterocycles. The van der Waals surface area contributed by atoms with Gasteiger partial charge in [0.25, 0.3) is 0 Å². The minimum absolute atomic E-state index is 0.377. The van der Waals surface area contributed by atoms with Crippen LogP contribution in [0.25, 0.3) is 0 Å². The van der Waals surface area contributed by atoms with Gasteiger partial charge in [-0.2, -0.15) is 10.2 Å². The highest BCUT2D eigenvalue weighted by Crippen LogP contribution is 2.28. The van der Waals surface area contributed by atoms with Gasteiger partial charge in [0.05, 0.1) is 19.3 Å². The average molecular weight is 329 g/mol. The van der Waals surface area contributed by atoms with Crippen LogP contribution in [0.4, 0.5) is 0 Å². The molecule has 0 spiro atoms. The van der Waals surface area contributed by atoms with Crippen molar-refractivity contribution in [2.45, 2.75) is 25.4 Å². The van der Waals surface area contributed by atoms with E-state index in [9.17, 15) is 4.79 Å². The maximum Gasteiger partial charge on any atom is 0.356 e. The molecule has 2 heterocycles. The molecule has 0 saturated heterocycles. The van der Waals surface area contributed by atoms with Gasteiger partial charge in [-0.15, -0.1) is 11.8 Å². The van der Waals surface area contributed by atoms with E-state index in [2.05, 4.69) is 10.2 Å². The summed E-state index contributed by atoms with van der Waals surface area (Å²) in [7, 11) is 3.20. The lowest BCUT2D eigenvalue weighted by molar-refractivity contribution is 0.0586. The van der Waals surface area contributed by atoms with Crippen molar-refractivity contribution in [2.24, 2.45) is 7.05 Å². The Labute approximate surface area is 132 Å². The number of halogens is 1. The first kappa shape index (κ1) is 15.9. The Morgan fingerprint density at radius 3 is 2.62 bits per heavy atom. The summed E-state index contributed by atoms with van der Waals surface area (Å²) in [4.78, 5) is 12.0. The fraction of sp³-hybridized carbons (Fsp3) is 0.462. The summed E-state index contributed by atoms with van der Waals surface area (Å²) in [6.07, 6.45) is 1.96. The molecule has 0 radical (unpaired) electrons. The van der Waals surface area contributed by atoms with Gasteiger partial charge in [-0.3, -0.25) is 9.36 Å². The second kappa shape index (κ2) is 6.11. The molecule has 21 heavy (non-hydrogen) atoms. The van der Waals surface area contributed by atoms with Crippen molar-refractivity contribution < 1.29 is 9.53 Å². The lowest BCUT2D eigenvalue weighted by Gasteiger charge is -2.07. The van der Waals surface area contributed by atoms with E-state index in [1.54, 1.807) is 21.1 Å². The molecule has 0 fully saturated rings. The average Bonchev–Trinajstić information content (AvgIpc) is 2.87. The number of carbonyl (C=O) groups excluding carboxylic acids is 1. The van der Waals surface area contributed by atoms with Crippen molar-refractivity contribution >= 4 is 29.3 Å². The molecule has 0 aromatic carbocycles. The second-order valence-corrected chi connectivity index (χ2v) is 5.76. The van der Waals surface area contributed by atoms with E-state index in [1.165, 1.54) is 7.11 Å². The maximum absolute atomic E-state index is 12.0. The van der Waals surface area contributed by atoms with Gasteiger partial charge in [-0.1, -0.05) is 11.6 Å². The van der Waals surface area contributed by atoms with E-state index in [4.69, 9.17) is 16.3 Å². The predicted molar refractivity (Wildman–Crippen MR) is 82.1 cm³/mol. The van der Waals surface area contributed by atoms with Crippen LogP contribution < -0.4 is 0 Å². The molecule has 2 rings (SSSR count). The first-order chi connectivity index (χ1) is 9.90.